The molecular weight excluding hydrogens is 334 g/mol. The highest BCUT2D eigenvalue weighted by Gasteiger charge is 2.23. The van der Waals surface area contributed by atoms with Gasteiger partial charge in [0.1, 0.15) is 0 Å². The van der Waals surface area contributed by atoms with E-state index in [0.717, 1.165) is 18.4 Å². The standard InChI is InChI=1S/C18H29N5O3/c1-18(2,9-6-10-21-23-19)13-20-12-16(24)15(22-17(25)26)11-14-7-4-3-5-8-14/h3-5,7-8,15-16,20,22,24H,6,9-13H2,1-2H3,(H,25,26)/t15-,16+/m0/s1. The van der Waals surface area contributed by atoms with Gasteiger partial charge in [-0.2, -0.15) is 0 Å². The number of hydrogen-bond donors (Lipinski definition) is 4. The quantitative estimate of drug-likeness (QED) is 0.197. The van der Waals surface area contributed by atoms with Crippen LogP contribution in [0.5, 0.6) is 0 Å². The van der Waals surface area contributed by atoms with Gasteiger partial charge in [0.25, 0.3) is 0 Å². The number of aliphatic hydroxyl groups excluding tert-OH is 1. The number of nitrogens with one attached hydrogen (secondary N) is 2. The van der Waals surface area contributed by atoms with Crippen LogP contribution in [0.4, 0.5) is 4.79 Å². The molecule has 1 aromatic rings. The molecule has 144 valence electrons. The summed E-state index contributed by atoms with van der Waals surface area (Å²) in [6.45, 7) is 5.63. The van der Waals surface area contributed by atoms with Crippen LogP contribution in [-0.4, -0.2) is 48.1 Å². The third-order valence-electron chi connectivity index (χ3n) is 4.20. The van der Waals surface area contributed by atoms with Gasteiger partial charge in [-0.15, -0.1) is 0 Å². The molecule has 4 N–H and O–H groups in total. The molecule has 0 spiro atoms. The average molecular weight is 363 g/mol. The Bertz CT molecular complexity index is 588. The molecule has 0 aromatic heterocycles. The number of benzene rings is 1. The highest BCUT2D eigenvalue weighted by molar-refractivity contribution is 5.65. The summed E-state index contributed by atoms with van der Waals surface area (Å²) in [6.07, 6.45) is 0.119. The highest BCUT2D eigenvalue weighted by Crippen LogP contribution is 2.21. The summed E-state index contributed by atoms with van der Waals surface area (Å²) in [5.74, 6) is 0. The van der Waals surface area contributed by atoms with Crippen molar-refractivity contribution in [2.75, 3.05) is 19.6 Å². The van der Waals surface area contributed by atoms with Crippen molar-refractivity contribution in [2.24, 2.45) is 10.5 Å². The Morgan fingerprint density at radius 1 is 1.35 bits per heavy atom. The van der Waals surface area contributed by atoms with Crippen molar-refractivity contribution in [3.8, 4) is 0 Å². The molecule has 0 aliphatic heterocycles. The van der Waals surface area contributed by atoms with Gasteiger partial charge in [-0.05, 0) is 35.8 Å². The van der Waals surface area contributed by atoms with E-state index in [9.17, 15) is 9.90 Å². The van der Waals surface area contributed by atoms with Gasteiger partial charge in [0.2, 0.25) is 0 Å². The van der Waals surface area contributed by atoms with Gasteiger partial charge in [0.15, 0.2) is 0 Å². The van der Waals surface area contributed by atoms with Gasteiger partial charge < -0.3 is 20.8 Å². The van der Waals surface area contributed by atoms with Crippen LogP contribution >= 0.6 is 0 Å². The number of hydrogen-bond acceptors (Lipinski definition) is 4. The zero-order valence-electron chi connectivity index (χ0n) is 15.4. The van der Waals surface area contributed by atoms with E-state index in [1.165, 1.54) is 0 Å². The first-order valence-corrected chi connectivity index (χ1v) is 8.77. The average Bonchev–Trinajstić information content (AvgIpc) is 2.58. The number of rotatable bonds is 12. The van der Waals surface area contributed by atoms with Crippen molar-refractivity contribution < 1.29 is 15.0 Å². The number of aliphatic hydroxyl groups is 1. The van der Waals surface area contributed by atoms with Crippen LogP contribution in [0.1, 0.15) is 32.3 Å². The smallest absolute Gasteiger partial charge is 0.404 e. The summed E-state index contributed by atoms with van der Waals surface area (Å²) < 4.78 is 0. The Balaban J connectivity index is 2.48. The second kappa shape index (κ2) is 11.4. The second-order valence-corrected chi connectivity index (χ2v) is 7.17. The molecular formula is C18H29N5O3. The van der Waals surface area contributed by atoms with E-state index in [-0.39, 0.29) is 12.0 Å². The Kier molecular flexibility index (Phi) is 9.51. The van der Waals surface area contributed by atoms with E-state index in [2.05, 4.69) is 34.5 Å². The molecule has 0 heterocycles. The lowest BCUT2D eigenvalue weighted by molar-refractivity contribution is 0.114. The van der Waals surface area contributed by atoms with Crippen LogP contribution < -0.4 is 10.6 Å². The summed E-state index contributed by atoms with van der Waals surface area (Å²) >= 11 is 0. The van der Waals surface area contributed by atoms with Crippen molar-refractivity contribution >= 4 is 6.09 Å². The lowest BCUT2D eigenvalue weighted by Gasteiger charge is -2.28. The number of amides is 1. The van der Waals surface area contributed by atoms with Crippen molar-refractivity contribution in [1.29, 1.82) is 0 Å². The van der Waals surface area contributed by atoms with Crippen LogP contribution in [0.25, 0.3) is 10.4 Å². The minimum Gasteiger partial charge on any atom is -0.465 e. The minimum atomic E-state index is -1.15. The highest BCUT2D eigenvalue weighted by atomic mass is 16.4. The molecule has 1 rings (SSSR count). The van der Waals surface area contributed by atoms with Gasteiger partial charge in [-0.1, -0.05) is 49.3 Å². The van der Waals surface area contributed by atoms with E-state index in [0.29, 0.717) is 19.5 Å². The monoisotopic (exact) mass is 363 g/mol. The van der Waals surface area contributed by atoms with Crippen LogP contribution in [0.3, 0.4) is 0 Å². The molecule has 8 nitrogen and oxygen atoms in total. The minimum absolute atomic E-state index is 0.0140. The Labute approximate surface area is 154 Å². The Morgan fingerprint density at radius 3 is 2.65 bits per heavy atom. The molecule has 8 heteroatoms. The maximum absolute atomic E-state index is 11.0. The number of azide groups is 1. The first kappa shape index (κ1) is 21.8. The molecule has 1 aromatic carbocycles. The number of carbonyl (C=O) groups is 1. The molecule has 0 aliphatic rings. The summed E-state index contributed by atoms with van der Waals surface area (Å²) in [4.78, 5) is 13.8. The molecule has 2 atom stereocenters. The lowest BCUT2D eigenvalue weighted by atomic mass is 9.87. The van der Waals surface area contributed by atoms with Gasteiger partial charge >= 0.3 is 6.09 Å². The van der Waals surface area contributed by atoms with Gasteiger partial charge in [0.05, 0.1) is 12.1 Å². The molecule has 0 saturated carbocycles. The summed E-state index contributed by atoms with van der Waals surface area (Å²) in [6, 6.07) is 8.89. The molecule has 0 aliphatic carbocycles. The van der Waals surface area contributed by atoms with Gasteiger partial charge in [-0.25, -0.2) is 4.79 Å². The predicted octanol–water partition coefficient (Wildman–Crippen LogP) is 2.93. The van der Waals surface area contributed by atoms with E-state index in [1.807, 2.05) is 30.3 Å². The fourth-order valence-corrected chi connectivity index (χ4v) is 2.77. The molecule has 0 radical (unpaired) electrons. The fraction of sp³-hybridized carbons (Fsp3) is 0.611. The maximum atomic E-state index is 11.0. The molecule has 0 saturated heterocycles. The van der Waals surface area contributed by atoms with Crippen molar-refractivity contribution in [3.05, 3.63) is 46.3 Å². The third kappa shape index (κ3) is 9.27. The summed E-state index contributed by atoms with van der Waals surface area (Å²) in [5.41, 5.74) is 9.24. The van der Waals surface area contributed by atoms with Crippen LogP contribution in [0, 0.1) is 5.41 Å². The van der Waals surface area contributed by atoms with Crippen LogP contribution in [0.15, 0.2) is 35.4 Å². The molecule has 0 bridgehead atoms. The van der Waals surface area contributed by atoms with E-state index in [1.54, 1.807) is 0 Å². The van der Waals surface area contributed by atoms with E-state index in [4.69, 9.17) is 10.6 Å². The second-order valence-electron chi connectivity index (χ2n) is 7.17. The van der Waals surface area contributed by atoms with Gasteiger partial charge in [-0.3, -0.25) is 0 Å². The predicted molar refractivity (Wildman–Crippen MR) is 101 cm³/mol. The molecule has 1 amide bonds. The molecule has 26 heavy (non-hydrogen) atoms. The molecule has 0 fully saturated rings. The topological polar surface area (TPSA) is 130 Å². The molecule has 0 unspecified atom stereocenters. The zero-order chi connectivity index (χ0) is 19.4. The van der Waals surface area contributed by atoms with Crippen LogP contribution in [0.2, 0.25) is 0 Å². The van der Waals surface area contributed by atoms with Crippen LogP contribution in [-0.2, 0) is 6.42 Å². The third-order valence-corrected chi connectivity index (χ3v) is 4.20. The maximum Gasteiger partial charge on any atom is 0.404 e. The van der Waals surface area contributed by atoms with Crippen molar-refractivity contribution in [2.45, 2.75) is 45.3 Å². The summed E-state index contributed by atoms with van der Waals surface area (Å²) in [7, 11) is 0. The zero-order valence-corrected chi connectivity index (χ0v) is 15.4. The normalized spacial score (nSPS) is 13.5. The van der Waals surface area contributed by atoms with Crippen molar-refractivity contribution in [1.82, 2.24) is 10.6 Å². The largest absolute Gasteiger partial charge is 0.465 e. The fourth-order valence-electron chi connectivity index (χ4n) is 2.77. The van der Waals surface area contributed by atoms with E-state index >= 15 is 0 Å². The number of carboxylic acid groups (broad SMARTS) is 1. The number of nitrogens with zero attached hydrogens (tertiary/aromatic N) is 3. The van der Waals surface area contributed by atoms with Gasteiger partial charge in [0, 0.05) is 24.5 Å². The first-order chi connectivity index (χ1) is 12.3. The summed E-state index contributed by atoms with van der Waals surface area (Å²) in [5, 5.41) is 28.6. The Morgan fingerprint density at radius 2 is 2.04 bits per heavy atom. The lowest BCUT2D eigenvalue weighted by Crippen LogP contribution is -2.49. The SMILES string of the molecule is CC(C)(CCCN=[N+]=[N-])CNC[C@@H](O)[C@H](Cc1ccccc1)NC(=O)O. The first-order valence-electron chi connectivity index (χ1n) is 8.77. The van der Waals surface area contributed by atoms with E-state index < -0.39 is 18.2 Å². The van der Waals surface area contributed by atoms with Crippen molar-refractivity contribution in [3.63, 3.8) is 0 Å². The Hall–Kier alpha value is -2.28.